The minimum atomic E-state index is -4.46. The molecule has 7 heteroatoms. The Morgan fingerprint density at radius 1 is 1.04 bits per heavy atom. The third-order valence-corrected chi connectivity index (χ3v) is 4.11. The first-order valence-corrected chi connectivity index (χ1v) is 8.85. The molecule has 1 aromatic carbocycles. The van der Waals surface area contributed by atoms with Crippen molar-refractivity contribution in [2.45, 2.75) is 64.1 Å². The monoisotopic (exact) mass is 373 g/mol. The summed E-state index contributed by atoms with van der Waals surface area (Å²) < 4.78 is 42.4. The van der Waals surface area contributed by atoms with Crippen LogP contribution >= 0.6 is 0 Å². The number of amides is 1. The Bertz CT molecular complexity index is 570. The fourth-order valence-corrected chi connectivity index (χ4v) is 2.57. The van der Waals surface area contributed by atoms with Crippen molar-refractivity contribution in [2.24, 2.45) is 0 Å². The molecule has 0 spiro atoms. The molecule has 1 rings (SSSR count). The fraction of sp³-hybridized carbons (Fsp3) is 0.579. The van der Waals surface area contributed by atoms with Crippen LogP contribution in [0.4, 0.5) is 13.2 Å². The second-order valence-electron chi connectivity index (χ2n) is 6.18. The van der Waals surface area contributed by atoms with Crippen molar-refractivity contribution in [3.05, 3.63) is 35.4 Å². The molecule has 0 radical (unpaired) electrons. The summed E-state index contributed by atoms with van der Waals surface area (Å²) in [4.78, 5) is 24.1. The molecule has 0 aromatic heterocycles. The van der Waals surface area contributed by atoms with Gasteiger partial charge in [-0.3, -0.25) is 4.79 Å². The Labute approximate surface area is 152 Å². The van der Waals surface area contributed by atoms with Gasteiger partial charge >= 0.3 is 12.1 Å². The van der Waals surface area contributed by atoms with Crippen molar-refractivity contribution >= 4 is 11.9 Å². The van der Waals surface area contributed by atoms with Gasteiger partial charge in [-0.15, -0.1) is 0 Å². The number of methoxy groups -OCH3 is 1. The van der Waals surface area contributed by atoms with E-state index in [4.69, 9.17) is 4.74 Å². The van der Waals surface area contributed by atoms with Crippen LogP contribution in [-0.4, -0.2) is 25.0 Å². The van der Waals surface area contributed by atoms with E-state index < -0.39 is 29.7 Å². The molecule has 0 fully saturated rings. The summed E-state index contributed by atoms with van der Waals surface area (Å²) in [6, 6.07) is 3.07. The molecule has 0 saturated carbocycles. The van der Waals surface area contributed by atoms with E-state index in [1.807, 2.05) is 0 Å². The van der Waals surface area contributed by atoms with Crippen LogP contribution in [0.3, 0.4) is 0 Å². The number of ether oxygens (including phenoxy) is 1. The van der Waals surface area contributed by atoms with E-state index in [0.29, 0.717) is 6.42 Å². The van der Waals surface area contributed by atoms with Crippen molar-refractivity contribution in [3.63, 3.8) is 0 Å². The zero-order valence-corrected chi connectivity index (χ0v) is 15.2. The molecular weight excluding hydrogens is 347 g/mol. The average molecular weight is 373 g/mol. The standard InChI is InChI=1S/C19H26F3NO3/c1-3-4-5-6-7-8-9-16(18(25)26-2)23-17(24)14-10-12-15(13-11-14)19(20,21)22/h10-13,16H,3-9H2,1-2H3,(H,23,24)/t16-/m1/s1. The highest BCUT2D eigenvalue weighted by atomic mass is 19.4. The maximum Gasteiger partial charge on any atom is 0.416 e. The number of esters is 1. The highest BCUT2D eigenvalue weighted by Crippen LogP contribution is 2.29. The average Bonchev–Trinajstić information content (AvgIpc) is 2.62. The van der Waals surface area contributed by atoms with Crippen LogP contribution in [0, 0.1) is 0 Å². The molecule has 146 valence electrons. The van der Waals surface area contributed by atoms with Crippen molar-refractivity contribution in [1.82, 2.24) is 5.32 Å². The maximum atomic E-state index is 12.6. The minimum Gasteiger partial charge on any atom is -0.467 e. The van der Waals surface area contributed by atoms with E-state index in [0.717, 1.165) is 56.4 Å². The Morgan fingerprint density at radius 2 is 1.62 bits per heavy atom. The van der Waals surface area contributed by atoms with Crippen LogP contribution < -0.4 is 5.32 Å². The quantitative estimate of drug-likeness (QED) is 0.477. The van der Waals surface area contributed by atoms with Gasteiger partial charge in [-0.05, 0) is 30.7 Å². The molecule has 0 saturated heterocycles. The number of hydrogen-bond acceptors (Lipinski definition) is 3. The van der Waals surface area contributed by atoms with Crippen LogP contribution in [0.1, 0.15) is 67.8 Å². The SMILES string of the molecule is CCCCCCCC[C@@H](NC(=O)c1ccc(C(F)(F)F)cc1)C(=O)OC. The predicted octanol–water partition coefficient (Wildman–Crippen LogP) is 4.73. The molecule has 1 amide bonds. The van der Waals surface area contributed by atoms with E-state index >= 15 is 0 Å². The molecule has 0 heterocycles. The fourth-order valence-electron chi connectivity index (χ4n) is 2.57. The van der Waals surface area contributed by atoms with E-state index in [1.165, 1.54) is 13.5 Å². The number of carbonyl (C=O) groups excluding carboxylic acids is 2. The molecule has 0 aliphatic rings. The molecule has 0 bridgehead atoms. The van der Waals surface area contributed by atoms with Gasteiger partial charge in [0.25, 0.3) is 5.91 Å². The highest BCUT2D eigenvalue weighted by Gasteiger charge is 2.30. The summed E-state index contributed by atoms with van der Waals surface area (Å²) in [6.45, 7) is 2.13. The second-order valence-corrected chi connectivity index (χ2v) is 6.18. The number of benzene rings is 1. The Hall–Kier alpha value is -2.05. The lowest BCUT2D eigenvalue weighted by Crippen LogP contribution is -2.41. The smallest absolute Gasteiger partial charge is 0.416 e. The molecule has 0 aliphatic carbocycles. The van der Waals surface area contributed by atoms with Crippen LogP contribution in [0.2, 0.25) is 0 Å². The molecular formula is C19H26F3NO3. The third kappa shape index (κ3) is 7.45. The van der Waals surface area contributed by atoms with Crippen LogP contribution in [0.15, 0.2) is 24.3 Å². The molecule has 1 atom stereocenters. The molecule has 0 aliphatic heterocycles. The van der Waals surface area contributed by atoms with Gasteiger partial charge in [-0.1, -0.05) is 45.4 Å². The maximum absolute atomic E-state index is 12.6. The van der Waals surface area contributed by atoms with Gasteiger partial charge in [0.15, 0.2) is 0 Å². The van der Waals surface area contributed by atoms with Gasteiger partial charge < -0.3 is 10.1 Å². The molecule has 1 aromatic rings. The van der Waals surface area contributed by atoms with Crippen LogP contribution in [0.5, 0.6) is 0 Å². The topological polar surface area (TPSA) is 55.4 Å². The van der Waals surface area contributed by atoms with Gasteiger partial charge in [0, 0.05) is 5.56 Å². The van der Waals surface area contributed by atoms with Crippen molar-refractivity contribution < 1.29 is 27.5 Å². The zero-order chi connectivity index (χ0) is 19.6. The van der Waals surface area contributed by atoms with Gasteiger partial charge in [0.2, 0.25) is 0 Å². The number of nitrogens with one attached hydrogen (secondary N) is 1. The summed E-state index contributed by atoms with van der Waals surface area (Å²) in [5.41, 5.74) is -0.763. The van der Waals surface area contributed by atoms with Crippen LogP contribution in [-0.2, 0) is 15.7 Å². The van der Waals surface area contributed by atoms with Crippen molar-refractivity contribution in [1.29, 1.82) is 0 Å². The number of carbonyl (C=O) groups is 2. The van der Waals surface area contributed by atoms with Crippen molar-refractivity contribution in [2.75, 3.05) is 7.11 Å². The first-order chi connectivity index (χ1) is 12.3. The molecule has 4 nitrogen and oxygen atoms in total. The first kappa shape index (κ1) is 22.0. The normalized spacial score (nSPS) is 12.5. The minimum absolute atomic E-state index is 0.0647. The molecule has 0 unspecified atom stereocenters. The number of unbranched alkanes of at least 4 members (excludes halogenated alkanes) is 5. The van der Waals surface area contributed by atoms with E-state index in [2.05, 4.69) is 12.2 Å². The number of rotatable bonds is 10. The predicted molar refractivity (Wildman–Crippen MR) is 92.7 cm³/mol. The number of hydrogen-bond donors (Lipinski definition) is 1. The van der Waals surface area contributed by atoms with Gasteiger partial charge in [-0.25, -0.2) is 4.79 Å². The lowest BCUT2D eigenvalue weighted by Gasteiger charge is -2.17. The summed E-state index contributed by atoms with van der Waals surface area (Å²) in [5, 5.41) is 2.55. The highest BCUT2D eigenvalue weighted by molar-refractivity contribution is 5.96. The summed E-state index contributed by atoms with van der Waals surface area (Å²) in [7, 11) is 1.24. The lowest BCUT2D eigenvalue weighted by molar-refractivity contribution is -0.143. The van der Waals surface area contributed by atoms with E-state index in [1.54, 1.807) is 0 Å². The summed E-state index contributed by atoms with van der Waals surface area (Å²) in [6.07, 6.45) is 2.21. The van der Waals surface area contributed by atoms with Gasteiger partial charge in [-0.2, -0.15) is 13.2 Å². The zero-order valence-electron chi connectivity index (χ0n) is 15.2. The number of alkyl halides is 3. The summed E-state index contributed by atoms with van der Waals surface area (Å²) >= 11 is 0. The summed E-state index contributed by atoms with van der Waals surface area (Å²) in [5.74, 6) is -1.15. The van der Waals surface area contributed by atoms with E-state index in [-0.39, 0.29) is 5.56 Å². The Morgan fingerprint density at radius 3 is 2.15 bits per heavy atom. The Balaban J connectivity index is 2.60. The van der Waals surface area contributed by atoms with E-state index in [9.17, 15) is 22.8 Å². The molecule has 1 N–H and O–H groups in total. The third-order valence-electron chi connectivity index (χ3n) is 4.11. The number of halogens is 3. The molecule has 26 heavy (non-hydrogen) atoms. The van der Waals surface area contributed by atoms with Crippen molar-refractivity contribution in [3.8, 4) is 0 Å². The second kappa shape index (κ2) is 10.8. The van der Waals surface area contributed by atoms with Gasteiger partial charge in [0.1, 0.15) is 6.04 Å². The largest absolute Gasteiger partial charge is 0.467 e. The Kier molecular flexibility index (Phi) is 9.16. The van der Waals surface area contributed by atoms with Gasteiger partial charge in [0.05, 0.1) is 12.7 Å². The first-order valence-electron chi connectivity index (χ1n) is 8.85. The lowest BCUT2D eigenvalue weighted by atomic mass is 10.0. The van der Waals surface area contributed by atoms with Crippen LogP contribution in [0.25, 0.3) is 0 Å².